The summed E-state index contributed by atoms with van der Waals surface area (Å²) in [6.45, 7) is 11.4. The van der Waals surface area contributed by atoms with Crippen LogP contribution in [0.15, 0.2) is 0 Å². The lowest BCUT2D eigenvalue weighted by atomic mass is 10.1. The third-order valence-electron chi connectivity index (χ3n) is 3.91. The molecule has 1 atom stereocenters. The molecule has 0 amide bonds. The molecule has 2 rings (SSSR count). The topological polar surface area (TPSA) is 39.1 Å². The Morgan fingerprint density at radius 3 is 2.84 bits per heavy atom. The standard InChI is InChI=1S/C15H27N3O/c1-11(2)16-10-15-12(3)17-18(13(15)4)8-7-14-6-5-9-19-14/h11,14,16H,5-10H2,1-4H3. The molecular weight excluding hydrogens is 238 g/mol. The van der Waals surface area contributed by atoms with Gasteiger partial charge in [-0.2, -0.15) is 5.10 Å². The maximum absolute atomic E-state index is 5.68. The van der Waals surface area contributed by atoms with Gasteiger partial charge in [0.1, 0.15) is 0 Å². The highest BCUT2D eigenvalue weighted by molar-refractivity contribution is 5.24. The highest BCUT2D eigenvalue weighted by Gasteiger charge is 2.17. The first-order valence-electron chi connectivity index (χ1n) is 7.45. The van der Waals surface area contributed by atoms with Gasteiger partial charge in [-0.25, -0.2) is 0 Å². The molecule has 0 spiro atoms. The zero-order chi connectivity index (χ0) is 13.8. The van der Waals surface area contributed by atoms with E-state index >= 15 is 0 Å². The highest BCUT2D eigenvalue weighted by atomic mass is 16.5. The monoisotopic (exact) mass is 265 g/mol. The van der Waals surface area contributed by atoms with Gasteiger partial charge >= 0.3 is 0 Å². The zero-order valence-corrected chi connectivity index (χ0v) is 12.7. The van der Waals surface area contributed by atoms with Gasteiger partial charge in [0.15, 0.2) is 0 Å². The van der Waals surface area contributed by atoms with Gasteiger partial charge in [0.05, 0.1) is 11.8 Å². The van der Waals surface area contributed by atoms with E-state index in [9.17, 15) is 0 Å². The van der Waals surface area contributed by atoms with Crippen molar-refractivity contribution in [3.8, 4) is 0 Å². The lowest BCUT2D eigenvalue weighted by Crippen LogP contribution is -2.22. The number of hydrogen-bond donors (Lipinski definition) is 1. The van der Waals surface area contributed by atoms with Gasteiger partial charge in [-0.3, -0.25) is 4.68 Å². The molecular formula is C15H27N3O. The van der Waals surface area contributed by atoms with Crippen molar-refractivity contribution in [1.82, 2.24) is 15.1 Å². The molecule has 1 aliphatic heterocycles. The maximum Gasteiger partial charge on any atom is 0.0641 e. The minimum absolute atomic E-state index is 0.446. The van der Waals surface area contributed by atoms with Crippen LogP contribution in [0.4, 0.5) is 0 Å². The van der Waals surface area contributed by atoms with Crippen LogP contribution in [0.5, 0.6) is 0 Å². The Balaban J connectivity index is 1.95. The van der Waals surface area contributed by atoms with Crippen molar-refractivity contribution >= 4 is 0 Å². The predicted octanol–water partition coefficient (Wildman–Crippen LogP) is 2.57. The van der Waals surface area contributed by atoms with E-state index in [1.165, 1.54) is 24.1 Å². The van der Waals surface area contributed by atoms with Crippen LogP contribution in [-0.2, 0) is 17.8 Å². The number of nitrogens with zero attached hydrogens (tertiary/aromatic N) is 2. The van der Waals surface area contributed by atoms with E-state index in [-0.39, 0.29) is 0 Å². The van der Waals surface area contributed by atoms with Gasteiger partial charge in [0.2, 0.25) is 0 Å². The summed E-state index contributed by atoms with van der Waals surface area (Å²) >= 11 is 0. The summed E-state index contributed by atoms with van der Waals surface area (Å²) in [6.07, 6.45) is 3.95. The molecule has 1 aliphatic rings. The van der Waals surface area contributed by atoms with Crippen LogP contribution < -0.4 is 5.32 Å². The van der Waals surface area contributed by atoms with Crippen LogP contribution in [0.1, 0.15) is 50.1 Å². The minimum Gasteiger partial charge on any atom is -0.378 e. The smallest absolute Gasteiger partial charge is 0.0641 e. The first kappa shape index (κ1) is 14.5. The van der Waals surface area contributed by atoms with Gasteiger partial charge in [-0.15, -0.1) is 0 Å². The summed E-state index contributed by atoms with van der Waals surface area (Å²) in [6, 6.07) is 0.508. The van der Waals surface area contributed by atoms with Crippen LogP contribution >= 0.6 is 0 Å². The Morgan fingerprint density at radius 2 is 2.21 bits per heavy atom. The van der Waals surface area contributed by atoms with Crippen LogP contribution in [0, 0.1) is 13.8 Å². The molecule has 0 saturated carbocycles. The van der Waals surface area contributed by atoms with E-state index in [0.717, 1.165) is 31.8 Å². The molecule has 108 valence electrons. The van der Waals surface area contributed by atoms with Crippen LogP contribution in [0.25, 0.3) is 0 Å². The van der Waals surface area contributed by atoms with E-state index in [2.05, 4.69) is 42.8 Å². The molecule has 0 aromatic carbocycles. The van der Waals surface area contributed by atoms with E-state index in [0.29, 0.717) is 12.1 Å². The van der Waals surface area contributed by atoms with Gasteiger partial charge in [0.25, 0.3) is 0 Å². The number of ether oxygens (including phenoxy) is 1. The number of aromatic nitrogens is 2. The lowest BCUT2D eigenvalue weighted by molar-refractivity contribution is 0.0992. The van der Waals surface area contributed by atoms with Crippen LogP contribution in [0.3, 0.4) is 0 Å². The Kier molecular flexibility index (Phi) is 4.99. The summed E-state index contributed by atoms with van der Waals surface area (Å²) in [4.78, 5) is 0. The summed E-state index contributed by atoms with van der Waals surface area (Å²) in [5.41, 5.74) is 3.79. The van der Waals surface area contributed by atoms with Crippen molar-refractivity contribution in [2.45, 2.75) is 72.2 Å². The number of nitrogens with one attached hydrogen (secondary N) is 1. The SMILES string of the molecule is Cc1nn(CCC2CCCO2)c(C)c1CNC(C)C. The van der Waals surface area contributed by atoms with Gasteiger partial charge in [-0.1, -0.05) is 13.8 Å². The van der Waals surface area contributed by atoms with E-state index < -0.39 is 0 Å². The molecule has 0 radical (unpaired) electrons. The molecule has 1 N–H and O–H groups in total. The summed E-state index contributed by atoms with van der Waals surface area (Å²) in [5, 5.41) is 8.15. The lowest BCUT2D eigenvalue weighted by Gasteiger charge is -2.11. The third-order valence-corrected chi connectivity index (χ3v) is 3.91. The van der Waals surface area contributed by atoms with Gasteiger partial charge < -0.3 is 10.1 Å². The fourth-order valence-corrected chi connectivity index (χ4v) is 2.65. The summed E-state index contributed by atoms with van der Waals surface area (Å²) < 4.78 is 7.82. The summed E-state index contributed by atoms with van der Waals surface area (Å²) in [5.74, 6) is 0. The minimum atomic E-state index is 0.446. The molecule has 0 bridgehead atoms. The highest BCUT2D eigenvalue weighted by Crippen LogP contribution is 2.18. The average molecular weight is 265 g/mol. The van der Waals surface area contributed by atoms with E-state index in [1.807, 2.05) is 0 Å². The quantitative estimate of drug-likeness (QED) is 0.859. The molecule has 1 fully saturated rings. The van der Waals surface area contributed by atoms with Crippen molar-refractivity contribution in [1.29, 1.82) is 0 Å². The van der Waals surface area contributed by atoms with Crippen molar-refractivity contribution in [3.63, 3.8) is 0 Å². The van der Waals surface area contributed by atoms with Crippen molar-refractivity contribution in [3.05, 3.63) is 17.0 Å². The van der Waals surface area contributed by atoms with E-state index in [4.69, 9.17) is 4.74 Å². The average Bonchev–Trinajstić information content (AvgIpc) is 2.94. The maximum atomic E-state index is 5.68. The molecule has 1 saturated heterocycles. The van der Waals surface area contributed by atoms with Crippen molar-refractivity contribution in [2.24, 2.45) is 0 Å². The van der Waals surface area contributed by atoms with Crippen LogP contribution in [-0.4, -0.2) is 28.5 Å². The van der Waals surface area contributed by atoms with Crippen molar-refractivity contribution < 1.29 is 4.74 Å². The number of aryl methyl sites for hydroxylation is 2. The molecule has 4 heteroatoms. The fraction of sp³-hybridized carbons (Fsp3) is 0.800. The first-order chi connectivity index (χ1) is 9.08. The molecule has 2 heterocycles. The first-order valence-corrected chi connectivity index (χ1v) is 7.45. The van der Waals surface area contributed by atoms with Crippen LogP contribution in [0.2, 0.25) is 0 Å². The molecule has 19 heavy (non-hydrogen) atoms. The fourth-order valence-electron chi connectivity index (χ4n) is 2.65. The Hall–Kier alpha value is -0.870. The Bertz CT molecular complexity index is 406. The second kappa shape index (κ2) is 6.53. The van der Waals surface area contributed by atoms with Crippen molar-refractivity contribution in [2.75, 3.05) is 6.61 Å². The number of hydrogen-bond acceptors (Lipinski definition) is 3. The predicted molar refractivity (Wildman–Crippen MR) is 77.3 cm³/mol. The van der Waals surface area contributed by atoms with E-state index in [1.54, 1.807) is 0 Å². The Labute approximate surface area is 116 Å². The molecule has 1 aromatic rings. The van der Waals surface area contributed by atoms with Gasteiger partial charge in [-0.05, 0) is 33.1 Å². The molecule has 1 aromatic heterocycles. The number of rotatable bonds is 6. The second-order valence-corrected chi connectivity index (χ2v) is 5.83. The molecule has 1 unspecified atom stereocenters. The summed E-state index contributed by atoms with van der Waals surface area (Å²) in [7, 11) is 0. The zero-order valence-electron chi connectivity index (χ0n) is 12.7. The molecule has 4 nitrogen and oxygen atoms in total. The largest absolute Gasteiger partial charge is 0.378 e. The third kappa shape index (κ3) is 3.80. The Morgan fingerprint density at radius 1 is 1.42 bits per heavy atom. The molecule has 0 aliphatic carbocycles. The second-order valence-electron chi connectivity index (χ2n) is 5.83. The van der Waals surface area contributed by atoms with Gasteiger partial charge in [0, 0.05) is 37.0 Å². The normalized spacial score (nSPS) is 19.5.